The van der Waals surface area contributed by atoms with Gasteiger partial charge >= 0.3 is 0 Å². The third kappa shape index (κ3) is 2.69. The van der Waals surface area contributed by atoms with Crippen LogP contribution in [0.2, 0.25) is 5.02 Å². The van der Waals surface area contributed by atoms with Crippen LogP contribution in [0.3, 0.4) is 0 Å². The number of benzene rings is 1. The van der Waals surface area contributed by atoms with Crippen molar-refractivity contribution in [3.63, 3.8) is 0 Å². The van der Waals surface area contributed by atoms with E-state index in [-0.39, 0.29) is 12.4 Å². The van der Waals surface area contributed by atoms with Crippen LogP contribution in [-0.4, -0.2) is 14.8 Å². The molecule has 0 unspecified atom stereocenters. The van der Waals surface area contributed by atoms with E-state index in [9.17, 15) is 0 Å². The van der Waals surface area contributed by atoms with Crippen molar-refractivity contribution < 1.29 is 0 Å². The second-order valence-electron chi connectivity index (χ2n) is 6.11. The molecule has 1 heterocycles. The van der Waals surface area contributed by atoms with Crippen LogP contribution < -0.4 is 0 Å². The summed E-state index contributed by atoms with van der Waals surface area (Å²) in [4.78, 5) is 4.04. The van der Waals surface area contributed by atoms with E-state index in [1.165, 1.54) is 31.2 Å². The summed E-state index contributed by atoms with van der Waals surface area (Å²) in [6, 6.07) is 4.33. The minimum Gasteiger partial charge on any atom is -0.253 e. The van der Waals surface area contributed by atoms with Crippen LogP contribution in [0.5, 0.6) is 0 Å². The summed E-state index contributed by atoms with van der Waals surface area (Å²) in [6.45, 7) is 0.955. The Bertz CT molecular complexity index is 625. The minimum absolute atomic E-state index is 0. The van der Waals surface area contributed by atoms with Gasteiger partial charge in [0.1, 0.15) is 12.7 Å². The number of nitrogens with zero attached hydrogens (tertiary/aromatic N) is 3. The van der Waals surface area contributed by atoms with E-state index in [2.05, 4.69) is 22.2 Å². The molecular formula is C16H19Cl2N3. The number of hydrogen-bond donors (Lipinski definition) is 0. The minimum atomic E-state index is 0. The number of halogens is 2. The van der Waals surface area contributed by atoms with E-state index in [0.717, 1.165) is 18.0 Å². The smallest absolute Gasteiger partial charge is 0.137 e. The van der Waals surface area contributed by atoms with Crippen molar-refractivity contribution in [1.29, 1.82) is 0 Å². The second kappa shape index (κ2) is 5.98. The summed E-state index contributed by atoms with van der Waals surface area (Å²) in [5.74, 6) is 1.33. The first kappa shape index (κ1) is 14.9. The molecular weight excluding hydrogens is 305 g/mol. The molecule has 2 aliphatic carbocycles. The highest BCUT2D eigenvalue weighted by Gasteiger charge is 2.32. The van der Waals surface area contributed by atoms with Gasteiger partial charge < -0.3 is 0 Å². The first-order valence-electron chi connectivity index (χ1n) is 7.44. The van der Waals surface area contributed by atoms with Gasteiger partial charge in [-0.15, -0.1) is 12.4 Å². The fourth-order valence-electron chi connectivity index (χ4n) is 4.04. The Labute approximate surface area is 136 Å². The average molecular weight is 324 g/mol. The van der Waals surface area contributed by atoms with Gasteiger partial charge in [0.15, 0.2) is 0 Å². The Morgan fingerprint density at radius 2 is 2.24 bits per heavy atom. The van der Waals surface area contributed by atoms with Crippen LogP contribution in [0.15, 0.2) is 24.8 Å². The van der Waals surface area contributed by atoms with Crippen LogP contribution in [0, 0.1) is 5.92 Å². The summed E-state index contributed by atoms with van der Waals surface area (Å²) in [6.07, 6.45) is 9.63. The predicted molar refractivity (Wildman–Crippen MR) is 86.2 cm³/mol. The molecule has 3 nitrogen and oxygen atoms in total. The van der Waals surface area contributed by atoms with Gasteiger partial charge in [0.2, 0.25) is 0 Å². The lowest BCUT2D eigenvalue weighted by molar-refractivity contribution is 0.322. The predicted octanol–water partition coefficient (Wildman–Crippen LogP) is 4.04. The summed E-state index contributed by atoms with van der Waals surface area (Å²) in [5, 5.41) is 5.20. The maximum atomic E-state index is 6.47. The van der Waals surface area contributed by atoms with Gasteiger partial charge in [-0.05, 0) is 66.7 Å². The zero-order valence-corrected chi connectivity index (χ0v) is 13.4. The molecule has 0 radical (unpaired) electrons. The van der Waals surface area contributed by atoms with Gasteiger partial charge in [0.25, 0.3) is 0 Å². The largest absolute Gasteiger partial charge is 0.253 e. The van der Waals surface area contributed by atoms with Crippen LogP contribution in [0.25, 0.3) is 0 Å². The number of aryl methyl sites for hydroxylation is 1. The van der Waals surface area contributed by atoms with Crippen molar-refractivity contribution >= 4 is 24.0 Å². The Hall–Kier alpha value is -1.06. The molecule has 0 saturated carbocycles. The van der Waals surface area contributed by atoms with Crippen molar-refractivity contribution in [2.24, 2.45) is 5.92 Å². The highest BCUT2D eigenvalue weighted by Crippen LogP contribution is 2.45. The molecule has 0 N–H and O–H groups in total. The van der Waals surface area contributed by atoms with Crippen molar-refractivity contribution in [3.05, 3.63) is 46.5 Å². The molecule has 0 bridgehead atoms. The lowest BCUT2D eigenvalue weighted by Crippen LogP contribution is -2.26. The van der Waals surface area contributed by atoms with Gasteiger partial charge in [0, 0.05) is 11.6 Å². The fourth-order valence-corrected chi connectivity index (χ4v) is 4.29. The monoisotopic (exact) mass is 323 g/mol. The van der Waals surface area contributed by atoms with E-state index in [1.807, 2.05) is 11.0 Å². The fraction of sp³-hybridized carbons (Fsp3) is 0.500. The molecule has 2 aromatic rings. The van der Waals surface area contributed by atoms with Gasteiger partial charge in [-0.1, -0.05) is 17.7 Å². The first-order chi connectivity index (χ1) is 9.81. The Morgan fingerprint density at radius 1 is 1.33 bits per heavy atom. The van der Waals surface area contributed by atoms with Crippen molar-refractivity contribution in [2.45, 2.75) is 44.6 Å². The molecule has 2 aliphatic rings. The third-order valence-electron chi connectivity index (χ3n) is 4.82. The Kier molecular flexibility index (Phi) is 4.23. The van der Waals surface area contributed by atoms with E-state index in [4.69, 9.17) is 11.6 Å². The van der Waals surface area contributed by atoms with Gasteiger partial charge in [-0.3, -0.25) is 4.68 Å². The quantitative estimate of drug-likeness (QED) is 0.835. The number of aromatic nitrogens is 3. The van der Waals surface area contributed by atoms with E-state index < -0.39 is 0 Å². The maximum absolute atomic E-state index is 6.47. The molecule has 5 heteroatoms. The van der Waals surface area contributed by atoms with Crippen LogP contribution in [0.4, 0.5) is 0 Å². The van der Waals surface area contributed by atoms with E-state index in [1.54, 1.807) is 17.5 Å². The average Bonchev–Trinajstić information content (AvgIpc) is 2.96. The molecule has 2 atom stereocenters. The van der Waals surface area contributed by atoms with Gasteiger partial charge in [0.05, 0.1) is 0 Å². The summed E-state index contributed by atoms with van der Waals surface area (Å²) in [7, 11) is 0. The topological polar surface area (TPSA) is 30.7 Å². The lowest BCUT2D eigenvalue weighted by Gasteiger charge is -2.36. The zero-order valence-electron chi connectivity index (χ0n) is 11.8. The molecule has 1 aromatic heterocycles. The van der Waals surface area contributed by atoms with Crippen molar-refractivity contribution in [3.8, 4) is 0 Å². The Morgan fingerprint density at radius 3 is 3.05 bits per heavy atom. The second-order valence-corrected chi connectivity index (χ2v) is 6.52. The van der Waals surface area contributed by atoms with E-state index in [0.29, 0.717) is 11.8 Å². The molecule has 1 aromatic carbocycles. The van der Waals surface area contributed by atoms with Crippen LogP contribution in [0.1, 0.15) is 41.9 Å². The SMILES string of the molecule is Cl.Clc1ccc2c3c1C[C@H](Cn1cncn1)C[C@@H]3CCC2. The summed E-state index contributed by atoms with van der Waals surface area (Å²) >= 11 is 6.47. The summed E-state index contributed by atoms with van der Waals surface area (Å²) in [5.41, 5.74) is 4.53. The molecule has 0 spiro atoms. The van der Waals surface area contributed by atoms with Crippen LogP contribution in [-0.2, 0) is 19.4 Å². The van der Waals surface area contributed by atoms with Crippen LogP contribution >= 0.6 is 24.0 Å². The molecule has 21 heavy (non-hydrogen) atoms. The van der Waals surface area contributed by atoms with Crippen molar-refractivity contribution in [1.82, 2.24) is 14.8 Å². The molecule has 4 rings (SSSR count). The third-order valence-corrected chi connectivity index (χ3v) is 5.17. The first-order valence-corrected chi connectivity index (χ1v) is 7.81. The number of rotatable bonds is 2. The highest BCUT2D eigenvalue weighted by molar-refractivity contribution is 6.31. The van der Waals surface area contributed by atoms with Crippen molar-refractivity contribution in [2.75, 3.05) is 0 Å². The standard InChI is InChI=1S/C16H18ClN3.ClH/c17-15-5-4-12-2-1-3-13-6-11(7-14(15)16(12)13)8-20-10-18-9-19-20;/h4-5,9-11,13H,1-3,6-8H2;1H/t11-,13+;/m1./s1. The lowest BCUT2D eigenvalue weighted by atomic mass is 9.70. The zero-order chi connectivity index (χ0) is 13.5. The molecule has 0 saturated heterocycles. The Balaban J connectivity index is 0.00000132. The molecule has 0 amide bonds. The van der Waals surface area contributed by atoms with Gasteiger partial charge in [-0.2, -0.15) is 5.10 Å². The molecule has 112 valence electrons. The molecule has 0 aliphatic heterocycles. The van der Waals surface area contributed by atoms with E-state index >= 15 is 0 Å². The normalized spacial score (nSPS) is 23.3. The highest BCUT2D eigenvalue weighted by atomic mass is 35.5. The molecule has 0 fully saturated rings. The maximum Gasteiger partial charge on any atom is 0.137 e. The number of hydrogen-bond acceptors (Lipinski definition) is 2. The summed E-state index contributed by atoms with van der Waals surface area (Å²) < 4.78 is 1.95. The van der Waals surface area contributed by atoms with Gasteiger partial charge in [-0.25, -0.2) is 4.98 Å².